The molecule has 1 unspecified atom stereocenters. The van der Waals surface area contributed by atoms with Crippen molar-refractivity contribution in [1.82, 2.24) is 24.8 Å². The van der Waals surface area contributed by atoms with Crippen molar-refractivity contribution in [3.63, 3.8) is 0 Å². The van der Waals surface area contributed by atoms with Crippen LogP contribution in [0.4, 0.5) is 14.6 Å². The molecule has 0 aliphatic carbocycles. The molecule has 4 aromatic rings. The van der Waals surface area contributed by atoms with Crippen LogP contribution in [0.25, 0.3) is 28.0 Å². The van der Waals surface area contributed by atoms with Gasteiger partial charge in [0.1, 0.15) is 23.1 Å². The van der Waals surface area contributed by atoms with E-state index < -0.39 is 28.8 Å². The molecule has 1 atom stereocenters. The van der Waals surface area contributed by atoms with E-state index in [0.717, 1.165) is 11.6 Å². The van der Waals surface area contributed by atoms with E-state index in [1.165, 1.54) is 22.8 Å². The number of nitrogens with one attached hydrogen (secondary N) is 1. The predicted octanol–water partition coefficient (Wildman–Crippen LogP) is 4.06. The highest BCUT2D eigenvalue weighted by Crippen LogP contribution is 2.36. The van der Waals surface area contributed by atoms with Gasteiger partial charge < -0.3 is 15.3 Å². The number of aryl methyl sites for hydroxylation is 1. The second kappa shape index (κ2) is 9.51. The summed E-state index contributed by atoms with van der Waals surface area (Å²) < 4.78 is 31.8. The van der Waals surface area contributed by atoms with E-state index in [0.29, 0.717) is 42.2 Å². The lowest BCUT2D eigenvalue weighted by Crippen LogP contribution is -2.50. The maximum absolute atomic E-state index is 15.6. The number of pyridine rings is 2. The van der Waals surface area contributed by atoms with Crippen molar-refractivity contribution in [3.05, 3.63) is 69.9 Å². The largest absolute Gasteiger partial charge is 0.507 e. The molecule has 10 heteroatoms. The van der Waals surface area contributed by atoms with Crippen LogP contribution in [0, 0.1) is 18.6 Å². The Labute approximate surface area is 212 Å². The van der Waals surface area contributed by atoms with Crippen LogP contribution in [-0.2, 0) is 0 Å². The quantitative estimate of drug-likeness (QED) is 0.431. The Hall–Kier alpha value is -3.92. The van der Waals surface area contributed by atoms with Crippen molar-refractivity contribution in [2.75, 3.05) is 24.5 Å². The van der Waals surface area contributed by atoms with Crippen LogP contribution in [0.2, 0.25) is 0 Å². The number of rotatable bonds is 4. The molecule has 0 radical (unpaired) electrons. The lowest BCUT2D eigenvalue weighted by atomic mass is 10.0. The Morgan fingerprint density at radius 1 is 1.16 bits per heavy atom. The molecular formula is C27H28F2N6O2. The molecule has 37 heavy (non-hydrogen) atoms. The van der Waals surface area contributed by atoms with E-state index in [-0.39, 0.29) is 23.2 Å². The highest BCUT2D eigenvalue weighted by molar-refractivity contribution is 5.91. The van der Waals surface area contributed by atoms with Crippen LogP contribution < -0.4 is 15.9 Å². The molecule has 1 aliphatic heterocycles. The van der Waals surface area contributed by atoms with Crippen LogP contribution in [0.1, 0.15) is 37.9 Å². The van der Waals surface area contributed by atoms with Gasteiger partial charge in [0.2, 0.25) is 0 Å². The summed E-state index contributed by atoms with van der Waals surface area (Å²) in [6.07, 6.45) is 1.67. The summed E-state index contributed by atoms with van der Waals surface area (Å²) in [6, 6.07) is 6.69. The summed E-state index contributed by atoms with van der Waals surface area (Å²) >= 11 is 0. The number of anilines is 1. The summed E-state index contributed by atoms with van der Waals surface area (Å²) in [6.45, 7) is 9.66. The number of fused-ring (bicyclic) bond motifs is 1. The van der Waals surface area contributed by atoms with Crippen molar-refractivity contribution in [3.8, 4) is 22.7 Å². The second-order valence-electron chi connectivity index (χ2n) is 9.64. The standard InChI is InChI=1S/C27H28F2N6O2/c1-14(2)22-24(15(3)8-9-31-22)35-26-17(25(33-27(35)37)34-11-10-30-13-16(34)4)12-19(29)23(32-26)21-18(28)6-5-7-20(21)36/h5-9,12,14,16,30,36H,10-11,13H2,1-4H3. The summed E-state index contributed by atoms with van der Waals surface area (Å²) in [5, 5.41) is 14.0. The minimum Gasteiger partial charge on any atom is -0.507 e. The maximum atomic E-state index is 15.6. The number of piperazine rings is 1. The number of aromatic hydroxyl groups is 1. The number of aromatic nitrogens is 4. The van der Waals surface area contributed by atoms with Gasteiger partial charge in [0.25, 0.3) is 0 Å². The highest BCUT2D eigenvalue weighted by atomic mass is 19.1. The Bertz CT molecular complexity index is 1550. The number of hydrogen-bond donors (Lipinski definition) is 2. The fourth-order valence-corrected chi connectivity index (χ4v) is 4.89. The average Bonchev–Trinajstić information content (AvgIpc) is 2.85. The first-order chi connectivity index (χ1) is 17.7. The second-order valence-corrected chi connectivity index (χ2v) is 9.64. The minimum atomic E-state index is -0.837. The molecule has 0 spiro atoms. The van der Waals surface area contributed by atoms with Crippen molar-refractivity contribution < 1.29 is 13.9 Å². The fourth-order valence-electron chi connectivity index (χ4n) is 4.89. The third-order valence-corrected chi connectivity index (χ3v) is 6.73. The maximum Gasteiger partial charge on any atom is 0.355 e. The topological polar surface area (TPSA) is 96.2 Å². The molecule has 0 amide bonds. The zero-order chi connectivity index (χ0) is 26.4. The van der Waals surface area contributed by atoms with Gasteiger partial charge in [-0.25, -0.2) is 23.1 Å². The first-order valence-electron chi connectivity index (χ1n) is 12.2. The van der Waals surface area contributed by atoms with Gasteiger partial charge in [-0.3, -0.25) is 4.98 Å². The average molecular weight is 507 g/mol. The highest BCUT2D eigenvalue weighted by Gasteiger charge is 2.28. The number of phenolic OH excluding ortho intramolecular Hbond substituents is 1. The van der Waals surface area contributed by atoms with Crippen molar-refractivity contribution in [1.29, 1.82) is 0 Å². The van der Waals surface area contributed by atoms with Crippen LogP contribution in [0.15, 0.2) is 41.3 Å². The Balaban J connectivity index is 1.92. The molecule has 4 heterocycles. The molecule has 8 nitrogen and oxygen atoms in total. The van der Waals surface area contributed by atoms with Gasteiger partial charge in [0.15, 0.2) is 11.5 Å². The minimum absolute atomic E-state index is 0.00981. The van der Waals surface area contributed by atoms with Gasteiger partial charge in [-0.2, -0.15) is 4.98 Å². The zero-order valence-electron chi connectivity index (χ0n) is 21.1. The molecule has 5 rings (SSSR count). The summed E-state index contributed by atoms with van der Waals surface area (Å²) in [4.78, 5) is 29.1. The molecular weight excluding hydrogens is 478 g/mol. The summed E-state index contributed by atoms with van der Waals surface area (Å²) in [5.41, 5.74) is 0.647. The molecule has 0 saturated carbocycles. The Morgan fingerprint density at radius 3 is 2.65 bits per heavy atom. The number of hydrogen-bond acceptors (Lipinski definition) is 7. The molecule has 1 fully saturated rings. The lowest BCUT2D eigenvalue weighted by Gasteiger charge is -2.35. The third kappa shape index (κ3) is 4.21. The van der Waals surface area contributed by atoms with E-state index in [9.17, 15) is 14.3 Å². The van der Waals surface area contributed by atoms with Gasteiger partial charge in [0, 0.05) is 31.9 Å². The fraction of sp³-hybridized carbons (Fsp3) is 0.333. The normalized spacial score (nSPS) is 16.1. The molecule has 2 N–H and O–H groups in total. The number of nitrogens with zero attached hydrogens (tertiary/aromatic N) is 5. The monoisotopic (exact) mass is 506 g/mol. The van der Waals surface area contributed by atoms with Gasteiger partial charge in [-0.15, -0.1) is 0 Å². The van der Waals surface area contributed by atoms with Crippen molar-refractivity contribution >= 4 is 16.9 Å². The van der Waals surface area contributed by atoms with Crippen LogP contribution in [0.3, 0.4) is 0 Å². The SMILES string of the molecule is Cc1ccnc(C(C)C)c1-n1c(=O)nc(N2CCNCC2C)c2cc(F)c(-c3c(O)cccc3F)nc21. The van der Waals surface area contributed by atoms with Gasteiger partial charge in [-0.05, 0) is 49.6 Å². The van der Waals surface area contributed by atoms with E-state index in [2.05, 4.69) is 20.3 Å². The lowest BCUT2D eigenvalue weighted by molar-refractivity contribution is 0.470. The molecule has 1 aliphatic rings. The van der Waals surface area contributed by atoms with E-state index in [1.54, 1.807) is 12.3 Å². The molecule has 1 saturated heterocycles. The Kier molecular flexibility index (Phi) is 6.36. The Morgan fingerprint density at radius 2 is 1.95 bits per heavy atom. The van der Waals surface area contributed by atoms with E-state index in [1.807, 2.05) is 32.6 Å². The van der Waals surface area contributed by atoms with Gasteiger partial charge >= 0.3 is 5.69 Å². The van der Waals surface area contributed by atoms with Crippen LogP contribution in [0.5, 0.6) is 5.75 Å². The third-order valence-electron chi connectivity index (χ3n) is 6.73. The molecule has 192 valence electrons. The van der Waals surface area contributed by atoms with Gasteiger partial charge in [-0.1, -0.05) is 19.9 Å². The first kappa shape index (κ1) is 24.8. The summed E-state index contributed by atoms with van der Waals surface area (Å²) in [5.74, 6) is -1.85. The van der Waals surface area contributed by atoms with Crippen molar-refractivity contribution in [2.45, 2.75) is 39.7 Å². The summed E-state index contributed by atoms with van der Waals surface area (Å²) in [7, 11) is 0. The number of halogens is 2. The molecule has 0 bridgehead atoms. The van der Waals surface area contributed by atoms with Gasteiger partial charge in [0.05, 0.1) is 22.3 Å². The molecule has 3 aromatic heterocycles. The van der Waals surface area contributed by atoms with E-state index in [4.69, 9.17) is 0 Å². The molecule has 1 aromatic carbocycles. The van der Waals surface area contributed by atoms with Crippen LogP contribution in [-0.4, -0.2) is 50.3 Å². The van der Waals surface area contributed by atoms with Crippen molar-refractivity contribution in [2.24, 2.45) is 0 Å². The number of phenols is 1. The zero-order valence-corrected chi connectivity index (χ0v) is 21.1. The van der Waals surface area contributed by atoms with E-state index >= 15 is 4.39 Å². The first-order valence-corrected chi connectivity index (χ1v) is 12.2. The predicted molar refractivity (Wildman–Crippen MR) is 138 cm³/mol. The smallest absolute Gasteiger partial charge is 0.355 e. The van der Waals surface area contributed by atoms with Crippen LogP contribution >= 0.6 is 0 Å². The number of benzene rings is 1.